The van der Waals surface area contributed by atoms with Crippen LogP contribution in [0.25, 0.3) is 0 Å². The highest BCUT2D eigenvalue weighted by Gasteiger charge is 2.37. The van der Waals surface area contributed by atoms with Crippen molar-refractivity contribution < 1.29 is 45.5 Å². The van der Waals surface area contributed by atoms with Gasteiger partial charge in [-0.15, -0.1) is 0 Å². The van der Waals surface area contributed by atoms with Crippen molar-refractivity contribution in [1.29, 1.82) is 0 Å². The van der Waals surface area contributed by atoms with Crippen LogP contribution in [0.15, 0.2) is 66.7 Å². The Balaban J connectivity index is 1.97. The lowest BCUT2D eigenvalue weighted by Crippen LogP contribution is -2.45. The lowest BCUT2D eigenvalue weighted by atomic mass is 10.0. The number of esters is 1. The summed E-state index contributed by atoms with van der Waals surface area (Å²) in [4.78, 5) is 37.7. The maximum Gasteiger partial charge on any atom is 0.416 e. The Morgan fingerprint density at radius 2 is 1.46 bits per heavy atom. The second kappa shape index (κ2) is 11.8. The molecule has 3 aromatic rings. The molecule has 206 valence electrons. The molecule has 1 atom stereocenters. The third-order valence-corrected chi connectivity index (χ3v) is 5.43. The number of nitrogens with one attached hydrogen (secondary N) is 2. The standard InChI is InChI=1S/C26H19ClF6N2O4/c1-14(36)39-22-8-7-18(27)13-20(22)23(37)35-21(9-15-5-3-2-4-6-15)24(38)34-19-11-16(25(28,29)30)10-17(12-19)26(31,32)33/h2-8,10-13,21H,9H2,1H3,(H,34,38)(H,35,37). The van der Waals surface area contributed by atoms with Crippen molar-refractivity contribution in [2.45, 2.75) is 31.7 Å². The van der Waals surface area contributed by atoms with E-state index in [9.17, 15) is 40.7 Å². The highest BCUT2D eigenvalue weighted by molar-refractivity contribution is 6.31. The van der Waals surface area contributed by atoms with Gasteiger partial charge in [0.1, 0.15) is 11.8 Å². The molecular weight excluding hydrogens is 554 g/mol. The van der Waals surface area contributed by atoms with Gasteiger partial charge in [0.2, 0.25) is 5.91 Å². The van der Waals surface area contributed by atoms with Gasteiger partial charge in [-0.1, -0.05) is 41.9 Å². The first-order valence-corrected chi connectivity index (χ1v) is 11.4. The van der Waals surface area contributed by atoms with Crippen molar-refractivity contribution in [2.24, 2.45) is 0 Å². The fourth-order valence-corrected chi connectivity index (χ4v) is 3.65. The Hall–Kier alpha value is -4.06. The summed E-state index contributed by atoms with van der Waals surface area (Å²) in [6.07, 6.45) is -10.4. The molecule has 39 heavy (non-hydrogen) atoms. The minimum Gasteiger partial charge on any atom is -0.426 e. The lowest BCUT2D eigenvalue weighted by Gasteiger charge is -2.21. The molecule has 0 bridgehead atoms. The van der Waals surface area contributed by atoms with Crippen LogP contribution in [0.4, 0.5) is 32.0 Å². The fraction of sp³-hybridized carbons (Fsp3) is 0.192. The molecule has 0 spiro atoms. The van der Waals surface area contributed by atoms with Crippen molar-refractivity contribution in [2.75, 3.05) is 5.32 Å². The molecule has 0 heterocycles. The number of halogens is 7. The normalized spacial score (nSPS) is 12.4. The zero-order valence-electron chi connectivity index (χ0n) is 19.9. The number of carbonyl (C=O) groups is 3. The average molecular weight is 573 g/mol. The first-order chi connectivity index (χ1) is 18.1. The van der Waals surface area contributed by atoms with Gasteiger partial charge >= 0.3 is 18.3 Å². The van der Waals surface area contributed by atoms with Crippen molar-refractivity contribution in [3.63, 3.8) is 0 Å². The van der Waals surface area contributed by atoms with Gasteiger partial charge in [0.25, 0.3) is 5.91 Å². The number of carbonyl (C=O) groups excluding carboxylic acids is 3. The van der Waals surface area contributed by atoms with E-state index in [2.05, 4.69) is 5.32 Å². The zero-order valence-corrected chi connectivity index (χ0v) is 20.7. The molecular formula is C26H19ClF6N2O4. The van der Waals surface area contributed by atoms with Crippen LogP contribution < -0.4 is 15.4 Å². The molecule has 2 amide bonds. The maximum atomic E-state index is 13.3. The number of alkyl halides is 6. The Morgan fingerprint density at radius 1 is 0.872 bits per heavy atom. The Bertz CT molecular complexity index is 1340. The van der Waals surface area contributed by atoms with E-state index in [4.69, 9.17) is 16.3 Å². The first kappa shape index (κ1) is 29.5. The highest BCUT2D eigenvalue weighted by Crippen LogP contribution is 2.37. The molecule has 1 unspecified atom stereocenters. The average Bonchev–Trinajstić information content (AvgIpc) is 2.83. The van der Waals surface area contributed by atoms with Gasteiger partial charge in [0.05, 0.1) is 16.7 Å². The van der Waals surface area contributed by atoms with E-state index < -0.39 is 53.0 Å². The summed E-state index contributed by atoms with van der Waals surface area (Å²) in [6.45, 7) is 1.09. The van der Waals surface area contributed by atoms with E-state index >= 15 is 0 Å². The van der Waals surface area contributed by atoms with Crippen LogP contribution in [-0.2, 0) is 28.4 Å². The van der Waals surface area contributed by atoms with Crippen molar-refractivity contribution in [1.82, 2.24) is 5.32 Å². The molecule has 3 rings (SSSR count). The Labute approximate surface area is 222 Å². The van der Waals surface area contributed by atoms with Crippen LogP contribution >= 0.6 is 11.6 Å². The van der Waals surface area contributed by atoms with E-state index in [1.165, 1.54) is 12.1 Å². The number of ether oxygens (including phenoxy) is 1. The van der Waals surface area contributed by atoms with E-state index in [1.54, 1.807) is 30.3 Å². The molecule has 0 aromatic heterocycles. The van der Waals surface area contributed by atoms with Gasteiger partial charge in [0, 0.05) is 24.1 Å². The summed E-state index contributed by atoms with van der Waals surface area (Å²) in [6, 6.07) is 11.0. The predicted octanol–water partition coefficient (Wildman–Crippen LogP) is 6.28. The summed E-state index contributed by atoms with van der Waals surface area (Å²) in [5.74, 6) is -2.98. The highest BCUT2D eigenvalue weighted by atomic mass is 35.5. The van der Waals surface area contributed by atoms with E-state index in [-0.39, 0.29) is 28.8 Å². The predicted molar refractivity (Wildman–Crippen MR) is 129 cm³/mol. The van der Waals surface area contributed by atoms with Crippen LogP contribution in [0.5, 0.6) is 5.75 Å². The van der Waals surface area contributed by atoms with Gasteiger partial charge in [-0.05, 0) is 42.0 Å². The van der Waals surface area contributed by atoms with Crippen LogP contribution in [0, 0.1) is 0 Å². The van der Waals surface area contributed by atoms with E-state index in [0.29, 0.717) is 17.7 Å². The second-order valence-electron chi connectivity index (χ2n) is 8.23. The molecule has 0 saturated carbocycles. The van der Waals surface area contributed by atoms with Gasteiger partial charge in [-0.2, -0.15) is 26.3 Å². The zero-order chi connectivity index (χ0) is 29.0. The van der Waals surface area contributed by atoms with Crippen molar-refractivity contribution in [3.05, 3.63) is 94.0 Å². The van der Waals surface area contributed by atoms with E-state index in [1.807, 2.05) is 5.32 Å². The molecule has 0 fully saturated rings. The summed E-state index contributed by atoms with van der Waals surface area (Å²) in [5.41, 5.74) is -3.74. The van der Waals surface area contributed by atoms with E-state index in [0.717, 1.165) is 13.0 Å². The number of amides is 2. The lowest BCUT2D eigenvalue weighted by molar-refractivity contribution is -0.143. The SMILES string of the molecule is CC(=O)Oc1ccc(Cl)cc1C(=O)NC(Cc1ccccc1)C(=O)Nc1cc(C(F)(F)F)cc(C(F)(F)F)c1. The summed E-state index contributed by atoms with van der Waals surface area (Å²) in [7, 11) is 0. The largest absolute Gasteiger partial charge is 0.426 e. The third-order valence-electron chi connectivity index (χ3n) is 5.20. The van der Waals surface area contributed by atoms with Gasteiger partial charge in [0.15, 0.2) is 0 Å². The summed E-state index contributed by atoms with van der Waals surface area (Å²) >= 11 is 5.95. The minimum atomic E-state index is -5.13. The molecule has 13 heteroatoms. The second-order valence-corrected chi connectivity index (χ2v) is 8.67. The monoisotopic (exact) mass is 572 g/mol. The number of hydrogen-bond acceptors (Lipinski definition) is 4. The Morgan fingerprint density at radius 3 is 2.00 bits per heavy atom. The Kier molecular flexibility index (Phi) is 8.90. The van der Waals surface area contributed by atoms with Gasteiger partial charge in [-0.3, -0.25) is 14.4 Å². The fourth-order valence-electron chi connectivity index (χ4n) is 3.48. The quantitative estimate of drug-likeness (QED) is 0.198. The van der Waals surface area contributed by atoms with Gasteiger partial charge < -0.3 is 15.4 Å². The molecule has 0 aliphatic carbocycles. The first-order valence-electron chi connectivity index (χ1n) is 11.1. The molecule has 0 saturated heterocycles. The smallest absolute Gasteiger partial charge is 0.416 e. The third kappa shape index (κ3) is 8.21. The molecule has 2 N–H and O–H groups in total. The van der Waals surface area contributed by atoms with Crippen molar-refractivity contribution >= 4 is 35.1 Å². The summed E-state index contributed by atoms with van der Waals surface area (Å²) < 4.78 is 84.5. The molecule has 0 radical (unpaired) electrons. The number of benzene rings is 3. The van der Waals surface area contributed by atoms with Gasteiger partial charge in [-0.25, -0.2) is 0 Å². The van der Waals surface area contributed by atoms with Crippen LogP contribution in [0.3, 0.4) is 0 Å². The molecule has 6 nitrogen and oxygen atoms in total. The summed E-state index contributed by atoms with van der Waals surface area (Å²) in [5, 5.41) is 4.51. The number of anilines is 1. The van der Waals surface area contributed by atoms with Crippen LogP contribution in [-0.4, -0.2) is 23.8 Å². The van der Waals surface area contributed by atoms with Crippen LogP contribution in [0.2, 0.25) is 5.02 Å². The number of hydrogen-bond donors (Lipinski definition) is 2. The molecule has 3 aromatic carbocycles. The molecule has 0 aliphatic rings. The number of rotatable bonds is 7. The van der Waals surface area contributed by atoms with Crippen molar-refractivity contribution in [3.8, 4) is 5.75 Å². The molecule has 0 aliphatic heterocycles. The minimum absolute atomic E-state index is 0.0748. The maximum absolute atomic E-state index is 13.3. The van der Waals surface area contributed by atoms with Crippen LogP contribution in [0.1, 0.15) is 34.0 Å². The topological polar surface area (TPSA) is 84.5 Å².